The Bertz CT molecular complexity index is 274. The van der Waals surface area contributed by atoms with Gasteiger partial charge in [-0.3, -0.25) is 4.68 Å². The second-order valence-corrected chi connectivity index (χ2v) is 3.48. The van der Waals surface area contributed by atoms with E-state index in [0.717, 1.165) is 19.4 Å². The quantitative estimate of drug-likeness (QED) is 0.780. The van der Waals surface area contributed by atoms with E-state index < -0.39 is 0 Å². The van der Waals surface area contributed by atoms with E-state index in [9.17, 15) is 0 Å². The largest absolute Gasteiger partial charge is 0.312 e. The van der Waals surface area contributed by atoms with E-state index in [2.05, 4.69) is 41.9 Å². The van der Waals surface area contributed by atoms with Gasteiger partial charge in [-0.25, -0.2) is 0 Å². The fourth-order valence-corrected chi connectivity index (χ4v) is 1.75. The van der Waals surface area contributed by atoms with E-state index in [-0.39, 0.29) is 0 Å². The maximum atomic E-state index is 4.54. The zero-order valence-electron chi connectivity index (χ0n) is 9.67. The average Bonchev–Trinajstić information content (AvgIpc) is 2.63. The Hall–Kier alpha value is -0.830. The molecule has 1 rings (SSSR count). The van der Waals surface area contributed by atoms with Crippen molar-refractivity contribution in [1.29, 1.82) is 0 Å². The second-order valence-electron chi connectivity index (χ2n) is 3.48. The molecule has 0 aliphatic rings. The highest BCUT2D eigenvalue weighted by atomic mass is 15.3. The molecule has 80 valence electrons. The van der Waals surface area contributed by atoms with Crippen molar-refractivity contribution in [3.05, 3.63) is 17.5 Å². The van der Waals surface area contributed by atoms with Crippen LogP contribution in [0.3, 0.4) is 0 Å². The first-order valence-electron chi connectivity index (χ1n) is 5.50. The number of rotatable bonds is 5. The van der Waals surface area contributed by atoms with Gasteiger partial charge in [-0.05, 0) is 32.9 Å². The zero-order chi connectivity index (χ0) is 10.6. The zero-order valence-corrected chi connectivity index (χ0v) is 9.67. The number of hydrogen-bond acceptors (Lipinski definition) is 2. The third-order valence-corrected chi connectivity index (χ3v) is 2.64. The summed E-state index contributed by atoms with van der Waals surface area (Å²) in [7, 11) is 2.01. The topological polar surface area (TPSA) is 29.9 Å². The molecule has 0 saturated carbocycles. The Labute approximate surface area is 86.5 Å². The summed E-state index contributed by atoms with van der Waals surface area (Å²) in [5.41, 5.74) is 2.50. The molecule has 0 amide bonds. The van der Waals surface area contributed by atoms with Crippen LogP contribution in [0.5, 0.6) is 0 Å². The third-order valence-electron chi connectivity index (χ3n) is 2.64. The molecule has 0 fully saturated rings. The summed E-state index contributed by atoms with van der Waals surface area (Å²) < 4.78 is 2.10. The van der Waals surface area contributed by atoms with Crippen molar-refractivity contribution in [3.63, 3.8) is 0 Å². The number of nitrogens with one attached hydrogen (secondary N) is 1. The molecule has 0 aliphatic heterocycles. The Morgan fingerprint density at radius 1 is 1.43 bits per heavy atom. The second kappa shape index (κ2) is 5.15. The van der Waals surface area contributed by atoms with Gasteiger partial charge < -0.3 is 5.32 Å². The van der Waals surface area contributed by atoms with Crippen molar-refractivity contribution in [3.8, 4) is 0 Å². The van der Waals surface area contributed by atoms with Crippen LogP contribution >= 0.6 is 0 Å². The van der Waals surface area contributed by atoms with Gasteiger partial charge in [0, 0.05) is 12.6 Å². The van der Waals surface area contributed by atoms with E-state index in [1.165, 1.54) is 11.4 Å². The molecule has 3 nitrogen and oxygen atoms in total. The predicted octanol–water partition coefficient (Wildman–Crippen LogP) is 2.14. The summed E-state index contributed by atoms with van der Waals surface area (Å²) in [6.45, 7) is 7.43. The third kappa shape index (κ3) is 2.15. The molecule has 1 N–H and O–H groups in total. The molecule has 1 atom stereocenters. The summed E-state index contributed by atoms with van der Waals surface area (Å²) in [6, 6.07) is 2.65. The van der Waals surface area contributed by atoms with Crippen molar-refractivity contribution in [2.45, 2.75) is 46.2 Å². The summed E-state index contributed by atoms with van der Waals surface area (Å²) in [4.78, 5) is 0. The smallest absolute Gasteiger partial charge is 0.0625 e. The first-order valence-corrected chi connectivity index (χ1v) is 5.50. The maximum Gasteiger partial charge on any atom is 0.0625 e. The van der Waals surface area contributed by atoms with Gasteiger partial charge in [0.1, 0.15) is 0 Å². The highest BCUT2D eigenvalue weighted by Crippen LogP contribution is 2.17. The molecule has 0 radical (unpaired) electrons. The van der Waals surface area contributed by atoms with Crippen molar-refractivity contribution in [1.82, 2.24) is 15.1 Å². The lowest BCUT2D eigenvalue weighted by molar-refractivity contribution is 0.503. The van der Waals surface area contributed by atoms with Gasteiger partial charge in [0.05, 0.1) is 11.4 Å². The fraction of sp³-hybridized carbons (Fsp3) is 0.727. The number of hydrogen-bond donors (Lipinski definition) is 1. The van der Waals surface area contributed by atoms with E-state index in [0.29, 0.717) is 6.04 Å². The molecule has 1 heterocycles. The number of aromatic nitrogens is 2. The summed E-state index contributed by atoms with van der Waals surface area (Å²) >= 11 is 0. The molecule has 0 saturated heterocycles. The highest BCUT2D eigenvalue weighted by Gasteiger charge is 2.13. The Morgan fingerprint density at radius 3 is 2.57 bits per heavy atom. The lowest BCUT2D eigenvalue weighted by Crippen LogP contribution is -2.19. The van der Waals surface area contributed by atoms with Crippen LogP contribution in [0.15, 0.2) is 6.07 Å². The van der Waals surface area contributed by atoms with Gasteiger partial charge in [-0.2, -0.15) is 5.10 Å². The molecular weight excluding hydrogens is 174 g/mol. The van der Waals surface area contributed by atoms with Crippen LogP contribution in [0, 0.1) is 0 Å². The molecule has 3 heteroatoms. The van der Waals surface area contributed by atoms with Gasteiger partial charge >= 0.3 is 0 Å². The number of nitrogens with zero attached hydrogens (tertiary/aromatic N) is 2. The van der Waals surface area contributed by atoms with Crippen LogP contribution in [0.4, 0.5) is 0 Å². The minimum atomic E-state index is 0.433. The summed E-state index contributed by atoms with van der Waals surface area (Å²) in [6.07, 6.45) is 2.12. The van der Waals surface area contributed by atoms with Crippen LogP contribution in [-0.4, -0.2) is 16.8 Å². The standard InChI is InChI=1S/C11H21N3/c1-5-9-8-11(10(6-2)12-4)14(7-3)13-9/h8,10,12H,5-7H2,1-4H3. The maximum absolute atomic E-state index is 4.54. The van der Waals surface area contributed by atoms with Gasteiger partial charge in [0.2, 0.25) is 0 Å². The number of aryl methyl sites for hydroxylation is 2. The average molecular weight is 195 g/mol. The lowest BCUT2D eigenvalue weighted by atomic mass is 10.1. The van der Waals surface area contributed by atoms with Crippen LogP contribution in [0.25, 0.3) is 0 Å². The lowest BCUT2D eigenvalue weighted by Gasteiger charge is -2.14. The molecule has 0 spiro atoms. The first kappa shape index (κ1) is 11.2. The van der Waals surface area contributed by atoms with Crippen molar-refractivity contribution in [2.24, 2.45) is 0 Å². The molecule has 1 unspecified atom stereocenters. The van der Waals surface area contributed by atoms with Gasteiger partial charge in [0.25, 0.3) is 0 Å². The van der Waals surface area contributed by atoms with Crippen LogP contribution in [-0.2, 0) is 13.0 Å². The van der Waals surface area contributed by atoms with Gasteiger partial charge in [0.15, 0.2) is 0 Å². The van der Waals surface area contributed by atoms with E-state index in [1.807, 2.05) is 7.05 Å². The van der Waals surface area contributed by atoms with Crippen molar-refractivity contribution in [2.75, 3.05) is 7.05 Å². The normalized spacial score (nSPS) is 13.1. The van der Waals surface area contributed by atoms with Crippen LogP contribution < -0.4 is 5.32 Å². The van der Waals surface area contributed by atoms with Gasteiger partial charge in [-0.1, -0.05) is 13.8 Å². The fourth-order valence-electron chi connectivity index (χ4n) is 1.75. The Balaban J connectivity index is 2.98. The first-order chi connectivity index (χ1) is 6.76. The van der Waals surface area contributed by atoms with E-state index >= 15 is 0 Å². The molecule has 0 aromatic carbocycles. The van der Waals surface area contributed by atoms with E-state index in [1.54, 1.807) is 0 Å². The van der Waals surface area contributed by atoms with Gasteiger partial charge in [-0.15, -0.1) is 0 Å². The molecule has 0 aliphatic carbocycles. The molecular formula is C11H21N3. The minimum absolute atomic E-state index is 0.433. The monoisotopic (exact) mass is 195 g/mol. The van der Waals surface area contributed by atoms with Crippen LogP contribution in [0.2, 0.25) is 0 Å². The minimum Gasteiger partial charge on any atom is -0.312 e. The summed E-state index contributed by atoms with van der Waals surface area (Å²) in [5.74, 6) is 0. The SMILES string of the molecule is CCc1cc(C(CC)NC)n(CC)n1. The molecule has 1 aromatic heterocycles. The van der Waals surface area contributed by atoms with E-state index in [4.69, 9.17) is 0 Å². The molecule has 1 aromatic rings. The van der Waals surface area contributed by atoms with Crippen LogP contribution in [0.1, 0.15) is 44.6 Å². The Kier molecular flexibility index (Phi) is 4.14. The van der Waals surface area contributed by atoms with Crippen molar-refractivity contribution >= 4 is 0 Å². The molecule has 0 bridgehead atoms. The van der Waals surface area contributed by atoms with Crippen molar-refractivity contribution < 1.29 is 0 Å². The predicted molar refractivity (Wildman–Crippen MR) is 59.4 cm³/mol. The summed E-state index contributed by atoms with van der Waals surface area (Å²) in [5, 5.41) is 7.86. The molecule has 14 heavy (non-hydrogen) atoms. The Morgan fingerprint density at radius 2 is 2.14 bits per heavy atom. The highest BCUT2D eigenvalue weighted by molar-refractivity contribution is 5.14.